The van der Waals surface area contributed by atoms with E-state index in [1.807, 2.05) is 30.3 Å². The molecule has 0 aliphatic carbocycles. The van der Waals surface area contributed by atoms with Gasteiger partial charge in [-0.15, -0.1) is 24.0 Å². The molecule has 3 N–H and O–H groups in total. The lowest BCUT2D eigenvalue weighted by Crippen LogP contribution is -2.43. The molecule has 28 heavy (non-hydrogen) atoms. The first kappa shape index (κ1) is 26.6. The van der Waals surface area contributed by atoms with Crippen LogP contribution in [0.3, 0.4) is 0 Å². The number of carbonyl (C=O) groups is 1. The third-order valence-electron chi connectivity index (χ3n) is 4.44. The summed E-state index contributed by atoms with van der Waals surface area (Å²) < 4.78 is 0. The zero-order valence-corrected chi connectivity index (χ0v) is 20.2. The van der Waals surface area contributed by atoms with Crippen molar-refractivity contribution in [2.24, 2.45) is 4.99 Å². The molecule has 0 radical (unpaired) electrons. The van der Waals surface area contributed by atoms with Crippen LogP contribution in [0.15, 0.2) is 35.3 Å². The Morgan fingerprint density at radius 1 is 1.11 bits per heavy atom. The summed E-state index contributed by atoms with van der Waals surface area (Å²) >= 11 is 0. The van der Waals surface area contributed by atoms with Gasteiger partial charge in [0.25, 0.3) is 5.91 Å². The van der Waals surface area contributed by atoms with Gasteiger partial charge in [-0.3, -0.25) is 9.79 Å². The molecule has 6 nitrogen and oxygen atoms in total. The summed E-state index contributed by atoms with van der Waals surface area (Å²) in [5, 5.41) is 9.63. The number of guanidine groups is 1. The Labute approximate surface area is 188 Å². The smallest absolute Gasteiger partial charge is 0.251 e. The van der Waals surface area contributed by atoms with Crippen LogP contribution in [-0.4, -0.2) is 62.1 Å². The first-order chi connectivity index (χ1) is 13.1. The van der Waals surface area contributed by atoms with Gasteiger partial charge in [0.2, 0.25) is 0 Å². The Morgan fingerprint density at radius 2 is 1.79 bits per heavy atom. The SMILES string of the molecule is CCNC(=NCCNC(=O)c1ccccc1)NC(C)CCCN(CC)CC.I. The van der Waals surface area contributed by atoms with E-state index in [9.17, 15) is 4.79 Å². The van der Waals surface area contributed by atoms with Gasteiger partial charge in [0.1, 0.15) is 0 Å². The van der Waals surface area contributed by atoms with Crippen molar-refractivity contribution < 1.29 is 4.79 Å². The maximum atomic E-state index is 12.0. The monoisotopic (exact) mass is 503 g/mol. The van der Waals surface area contributed by atoms with Crippen LogP contribution in [0.5, 0.6) is 0 Å². The standard InChI is InChI=1S/C21H37N5O.HI/c1-5-22-21(25-18(4)12-11-17-26(6-2)7-3)24-16-15-23-20(27)19-13-9-8-10-14-19;/h8-10,13-14,18H,5-7,11-12,15-17H2,1-4H3,(H,23,27)(H2,22,24,25);1H. The second-order valence-corrected chi connectivity index (χ2v) is 6.60. The predicted octanol–water partition coefficient (Wildman–Crippen LogP) is 3.10. The van der Waals surface area contributed by atoms with Crippen molar-refractivity contribution in [1.82, 2.24) is 20.9 Å². The third kappa shape index (κ3) is 11.5. The summed E-state index contributed by atoms with van der Waals surface area (Å²) in [6, 6.07) is 9.61. The minimum absolute atomic E-state index is 0. The van der Waals surface area contributed by atoms with Gasteiger partial charge in [-0.2, -0.15) is 0 Å². The van der Waals surface area contributed by atoms with E-state index in [0.29, 0.717) is 24.7 Å². The molecule has 1 amide bonds. The van der Waals surface area contributed by atoms with Crippen LogP contribution in [0.1, 0.15) is 50.9 Å². The molecule has 1 unspecified atom stereocenters. The molecule has 1 rings (SSSR count). The fraction of sp³-hybridized carbons (Fsp3) is 0.619. The topological polar surface area (TPSA) is 68.8 Å². The number of benzene rings is 1. The van der Waals surface area contributed by atoms with Crippen molar-refractivity contribution in [1.29, 1.82) is 0 Å². The number of nitrogens with one attached hydrogen (secondary N) is 3. The lowest BCUT2D eigenvalue weighted by atomic mass is 10.2. The quantitative estimate of drug-likeness (QED) is 0.178. The lowest BCUT2D eigenvalue weighted by molar-refractivity contribution is 0.0955. The molecule has 1 atom stereocenters. The first-order valence-electron chi connectivity index (χ1n) is 10.2. The van der Waals surface area contributed by atoms with Gasteiger partial charge < -0.3 is 20.9 Å². The van der Waals surface area contributed by atoms with Crippen LogP contribution in [0.2, 0.25) is 0 Å². The van der Waals surface area contributed by atoms with Gasteiger partial charge >= 0.3 is 0 Å². The minimum Gasteiger partial charge on any atom is -0.357 e. The van der Waals surface area contributed by atoms with Crippen LogP contribution >= 0.6 is 24.0 Å². The molecular formula is C21H38IN5O. The van der Waals surface area contributed by atoms with E-state index in [0.717, 1.165) is 38.6 Å². The molecule has 0 aliphatic heterocycles. The lowest BCUT2D eigenvalue weighted by Gasteiger charge is -2.21. The van der Waals surface area contributed by atoms with E-state index in [2.05, 4.69) is 53.5 Å². The highest BCUT2D eigenvalue weighted by Gasteiger charge is 2.07. The largest absolute Gasteiger partial charge is 0.357 e. The van der Waals surface area contributed by atoms with Crippen molar-refractivity contribution in [3.63, 3.8) is 0 Å². The maximum Gasteiger partial charge on any atom is 0.251 e. The third-order valence-corrected chi connectivity index (χ3v) is 4.44. The van der Waals surface area contributed by atoms with Crippen molar-refractivity contribution in [3.05, 3.63) is 35.9 Å². The predicted molar refractivity (Wildman–Crippen MR) is 130 cm³/mol. The van der Waals surface area contributed by atoms with E-state index < -0.39 is 0 Å². The summed E-state index contributed by atoms with van der Waals surface area (Å²) in [4.78, 5) is 19.0. The van der Waals surface area contributed by atoms with Crippen molar-refractivity contribution in [2.45, 2.75) is 46.6 Å². The van der Waals surface area contributed by atoms with Crippen molar-refractivity contribution in [3.8, 4) is 0 Å². The number of halogens is 1. The molecule has 7 heteroatoms. The Morgan fingerprint density at radius 3 is 2.39 bits per heavy atom. The van der Waals surface area contributed by atoms with E-state index in [-0.39, 0.29) is 29.9 Å². The number of hydrogen-bond acceptors (Lipinski definition) is 3. The molecule has 0 saturated heterocycles. The summed E-state index contributed by atoms with van der Waals surface area (Å²) in [5.41, 5.74) is 0.674. The Balaban J connectivity index is 0.00000729. The van der Waals surface area contributed by atoms with E-state index >= 15 is 0 Å². The number of carbonyl (C=O) groups excluding carboxylic acids is 1. The van der Waals surface area contributed by atoms with E-state index in [1.165, 1.54) is 6.42 Å². The van der Waals surface area contributed by atoms with Crippen LogP contribution in [0.4, 0.5) is 0 Å². The first-order valence-corrected chi connectivity index (χ1v) is 10.2. The molecule has 1 aromatic carbocycles. The van der Waals surface area contributed by atoms with Crippen LogP contribution in [0, 0.1) is 0 Å². The number of nitrogens with zero attached hydrogens (tertiary/aromatic N) is 2. The average molecular weight is 503 g/mol. The van der Waals surface area contributed by atoms with Gasteiger partial charge in [0.15, 0.2) is 5.96 Å². The molecule has 160 valence electrons. The molecule has 0 heterocycles. The average Bonchev–Trinajstić information content (AvgIpc) is 2.69. The van der Waals surface area contributed by atoms with Gasteiger partial charge in [-0.1, -0.05) is 32.0 Å². The van der Waals surface area contributed by atoms with Crippen LogP contribution in [0.25, 0.3) is 0 Å². The van der Waals surface area contributed by atoms with Gasteiger partial charge in [-0.05, 0) is 58.5 Å². The zero-order chi connectivity index (χ0) is 19.9. The van der Waals surface area contributed by atoms with Crippen LogP contribution < -0.4 is 16.0 Å². The molecule has 0 spiro atoms. The molecular weight excluding hydrogens is 465 g/mol. The van der Waals surface area contributed by atoms with Crippen molar-refractivity contribution >= 4 is 35.8 Å². The molecule has 0 aliphatic rings. The van der Waals surface area contributed by atoms with E-state index in [1.54, 1.807) is 0 Å². The maximum absolute atomic E-state index is 12.0. The summed E-state index contributed by atoms with van der Waals surface area (Å²) in [5.74, 6) is 0.746. The summed E-state index contributed by atoms with van der Waals surface area (Å²) in [6.07, 6.45) is 2.27. The van der Waals surface area contributed by atoms with Gasteiger partial charge in [0, 0.05) is 24.7 Å². The summed E-state index contributed by atoms with van der Waals surface area (Å²) in [6.45, 7) is 13.9. The summed E-state index contributed by atoms with van der Waals surface area (Å²) in [7, 11) is 0. The molecule has 0 bridgehead atoms. The number of hydrogen-bond donors (Lipinski definition) is 3. The molecule has 0 saturated carbocycles. The zero-order valence-electron chi connectivity index (χ0n) is 17.8. The van der Waals surface area contributed by atoms with Gasteiger partial charge in [-0.25, -0.2) is 0 Å². The van der Waals surface area contributed by atoms with Gasteiger partial charge in [0.05, 0.1) is 6.54 Å². The second kappa shape index (κ2) is 16.6. The molecule has 0 fully saturated rings. The van der Waals surface area contributed by atoms with E-state index in [4.69, 9.17) is 0 Å². The molecule has 1 aromatic rings. The molecule has 0 aromatic heterocycles. The highest BCUT2D eigenvalue weighted by Crippen LogP contribution is 2.00. The van der Waals surface area contributed by atoms with Crippen molar-refractivity contribution in [2.75, 3.05) is 39.3 Å². The Hall–Kier alpha value is -1.35. The fourth-order valence-corrected chi connectivity index (χ4v) is 2.82. The Bertz CT molecular complexity index is 549. The highest BCUT2D eigenvalue weighted by atomic mass is 127. The van der Waals surface area contributed by atoms with Crippen LogP contribution in [-0.2, 0) is 0 Å². The number of amides is 1. The Kier molecular flexibility index (Phi) is 15.8. The number of rotatable bonds is 12. The minimum atomic E-state index is -0.0615. The highest BCUT2D eigenvalue weighted by molar-refractivity contribution is 14.0. The second-order valence-electron chi connectivity index (χ2n) is 6.60. The number of aliphatic imine (C=N–C) groups is 1. The fourth-order valence-electron chi connectivity index (χ4n) is 2.82. The normalized spacial score (nSPS) is 12.2.